The molecule has 0 bridgehead atoms. The van der Waals surface area contributed by atoms with Gasteiger partial charge in [0.25, 0.3) is 0 Å². The second-order valence-corrected chi connectivity index (χ2v) is 6.54. The average Bonchev–Trinajstić information content (AvgIpc) is 2.45. The van der Waals surface area contributed by atoms with Gasteiger partial charge in [-0.1, -0.05) is 0 Å². The molecule has 0 aliphatic carbocycles. The molecule has 0 saturated carbocycles. The van der Waals surface area contributed by atoms with Crippen LogP contribution < -0.4 is 4.72 Å². The zero-order valence-electron chi connectivity index (χ0n) is 12.7. The molecule has 0 amide bonds. The monoisotopic (exact) mass is 329 g/mol. The number of nitrogens with one attached hydrogen (secondary N) is 1. The van der Waals surface area contributed by atoms with Gasteiger partial charge in [-0.25, -0.2) is 17.9 Å². The highest BCUT2D eigenvalue weighted by molar-refractivity contribution is 7.89. The largest absolute Gasteiger partial charge is 0.481 e. The van der Waals surface area contributed by atoms with Gasteiger partial charge in [-0.3, -0.25) is 4.79 Å². The number of carbonyl (C=O) groups is 2. The molecule has 0 fully saturated rings. The molecule has 0 radical (unpaired) electrons. The summed E-state index contributed by atoms with van der Waals surface area (Å²) in [7, 11) is -2.61. The van der Waals surface area contributed by atoms with Crippen LogP contribution in [0.2, 0.25) is 0 Å². The molecule has 1 aromatic carbocycles. The normalized spacial score (nSPS) is 11.2. The van der Waals surface area contributed by atoms with Crippen molar-refractivity contribution in [1.82, 2.24) is 4.72 Å². The van der Waals surface area contributed by atoms with Gasteiger partial charge in [0.2, 0.25) is 10.0 Å². The Labute approximate surface area is 129 Å². The lowest BCUT2D eigenvalue weighted by atomic mass is 10.1. The van der Waals surface area contributed by atoms with Crippen LogP contribution in [0.5, 0.6) is 0 Å². The average molecular weight is 329 g/mol. The Balaban J connectivity index is 3.05. The number of carbonyl (C=O) groups excluding carboxylic acids is 1. The van der Waals surface area contributed by atoms with Crippen molar-refractivity contribution < 1.29 is 27.9 Å². The van der Waals surface area contributed by atoms with Crippen LogP contribution in [0, 0.1) is 13.8 Å². The lowest BCUT2D eigenvalue weighted by Gasteiger charge is -2.12. The highest BCUT2D eigenvalue weighted by atomic mass is 32.2. The predicted octanol–water partition coefficient (Wildman–Crippen LogP) is 1.23. The van der Waals surface area contributed by atoms with Crippen molar-refractivity contribution in [2.24, 2.45) is 0 Å². The highest BCUT2D eigenvalue weighted by Gasteiger charge is 2.20. The van der Waals surface area contributed by atoms with E-state index in [4.69, 9.17) is 5.11 Å². The van der Waals surface area contributed by atoms with E-state index in [0.29, 0.717) is 11.1 Å². The Morgan fingerprint density at radius 1 is 1.27 bits per heavy atom. The van der Waals surface area contributed by atoms with Crippen molar-refractivity contribution in [3.8, 4) is 0 Å². The van der Waals surface area contributed by atoms with E-state index in [9.17, 15) is 18.0 Å². The molecule has 0 atom stereocenters. The van der Waals surface area contributed by atoms with Crippen molar-refractivity contribution in [2.45, 2.75) is 31.6 Å². The molecule has 1 aromatic rings. The fourth-order valence-electron chi connectivity index (χ4n) is 1.87. The molecule has 0 saturated heterocycles. The van der Waals surface area contributed by atoms with Crippen molar-refractivity contribution in [3.05, 3.63) is 28.8 Å². The lowest BCUT2D eigenvalue weighted by Crippen LogP contribution is -2.26. The molecule has 0 aromatic heterocycles. The van der Waals surface area contributed by atoms with Gasteiger partial charge in [0, 0.05) is 13.0 Å². The summed E-state index contributed by atoms with van der Waals surface area (Å²) >= 11 is 0. The number of carboxylic acid groups (broad SMARTS) is 1. The topological polar surface area (TPSA) is 110 Å². The van der Waals surface area contributed by atoms with Crippen LogP contribution in [-0.4, -0.2) is 39.1 Å². The third kappa shape index (κ3) is 4.54. The minimum atomic E-state index is -3.83. The van der Waals surface area contributed by atoms with E-state index in [-0.39, 0.29) is 29.8 Å². The molecule has 8 heteroatoms. The number of aliphatic carboxylic acids is 1. The van der Waals surface area contributed by atoms with Gasteiger partial charge in [0.05, 0.1) is 17.6 Å². The third-order valence-corrected chi connectivity index (χ3v) is 4.78. The number of methoxy groups -OCH3 is 1. The number of aryl methyl sites for hydroxylation is 1. The maximum Gasteiger partial charge on any atom is 0.337 e. The number of sulfonamides is 1. The number of rotatable bonds is 7. The van der Waals surface area contributed by atoms with Gasteiger partial charge in [0.1, 0.15) is 0 Å². The van der Waals surface area contributed by atoms with Gasteiger partial charge >= 0.3 is 11.9 Å². The van der Waals surface area contributed by atoms with Gasteiger partial charge in [-0.2, -0.15) is 0 Å². The van der Waals surface area contributed by atoms with Crippen molar-refractivity contribution >= 4 is 22.0 Å². The molecule has 0 aliphatic rings. The third-order valence-electron chi connectivity index (χ3n) is 3.19. The number of esters is 1. The molecule has 7 nitrogen and oxygen atoms in total. The molecule has 2 N–H and O–H groups in total. The van der Waals surface area contributed by atoms with Crippen LogP contribution in [0.25, 0.3) is 0 Å². The first-order valence-electron chi connectivity index (χ1n) is 6.60. The Morgan fingerprint density at radius 3 is 2.45 bits per heavy atom. The van der Waals surface area contributed by atoms with E-state index in [1.165, 1.54) is 13.2 Å². The first-order chi connectivity index (χ1) is 10.2. The van der Waals surface area contributed by atoms with Crippen LogP contribution >= 0.6 is 0 Å². The van der Waals surface area contributed by atoms with Crippen LogP contribution in [0.4, 0.5) is 0 Å². The molecule has 0 unspecified atom stereocenters. The number of hydrogen-bond acceptors (Lipinski definition) is 5. The smallest absolute Gasteiger partial charge is 0.337 e. The summed E-state index contributed by atoms with van der Waals surface area (Å²) in [6, 6.07) is 2.82. The standard InChI is InChI=1S/C14H19NO6S/c1-9-7-11(14(18)21-3)8-12(10(9)2)22(19,20)15-6-4-5-13(16)17/h7-8,15H,4-6H2,1-3H3,(H,16,17). The van der Waals surface area contributed by atoms with Crippen molar-refractivity contribution in [2.75, 3.05) is 13.7 Å². The molecule has 0 spiro atoms. The molecular formula is C14H19NO6S. The molecule has 1 rings (SSSR count). The van der Waals surface area contributed by atoms with E-state index in [2.05, 4.69) is 9.46 Å². The summed E-state index contributed by atoms with van der Waals surface area (Å²) in [6.07, 6.45) is 0.0615. The number of benzene rings is 1. The summed E-state index contributed by atoms with van der Waals surface area (Å²) in [6.45, 7) is 3.35. The molecule has 0 aliphatic heterocycles. The van der Waals surface area contributed by atoms with Crippen molar-refractivity contribution in [1.29, 1.82) is 0 Å². The minimum absolute atomic E-state index is 0.00950. The Morgan fingerprint density at radius 2 is 1.91 bits per heavy atom. The fraction of sp³-hybridized carbons (Fsp3) is 0.429. The highest BCUT2D eigenvalue weighted by Crippen LogP contribution is 2.21. The number of carboxylic acids is 1. The lowest BCUT2D eigenvalue weighted by molar-refractivity contribution is -0.137. The van der Waals surface area contributed by atoms with E-state index in [1.54, 1.807) is 19.9 Å². The summed E-state index contributed by atoms with van der Waals surface area (Å²) in [5.74, 6) is -1.61. The molecular weight excluding hydrogens is 310 g/mol. The summed E-state index contributed by atoms with van der Waals surface area (Å²) < 4.78 is 31.5. The summed E-state index contributed by atoms with van der Waals surface area (Å²) in [5.41, 5.74) is 1.32. The second kappa shape index (κ2) is 7.37. The Hall–Kier alpha value is -1.93. The maximum atomic E-state index is 12.3. The fourth-order valence-corrected chi connectivity index (χ4v) is 3.28. The minimum Gasteiger partial charge on any atom is -0.481 e. The van der Waals surface area contributed by atoms with E-state index < -0.39 is 22.0 Å². The van der Waals surface area contributed by atoms with Gasteiger partial charge in [0.15, 0.2) is 0 Å². The first-order valence-corrected chi connectivity index (χ1v) is 8.08. The van der Waals surface area contributed by atoms with E-state index in [1.807, 2.05) is 0 Å². The number of ether oxygens (including phenoxy) is 1. The summed E-state index contributed by atoms with van der Waals surface area (Å²) in [5, 5.41) is 8.54. The zero-order valence-corrected chi connectivity index (χ0v) is 13.5. The Kier molecular flexibility index (Phi) is 6.07. The van der Waals surface area contributed by atoms with E-state index in [0.717, 1.165) is 0 Å². The number of hydrogen-bond donors (Lipinski definition) is 2. The quantitative estimate of drug-likeness (QED) is 0.575. The molecule has 22 heavy (non-hydrogen) atoms. The Bertz CT molecular complexity index is 681. The first kappa shape index (κ1) is 18.1. The van der Waals surface area contributed by atoms with Gasteiger partial charge in [-0.05, 0) is 43.5 Å². The zero-order chi connectivity index (χ0) is 16.9. The van der Waals surface area contributed by atoms with Crippen molar-refractivity contribution in [3.63, 3.8) is 0 Å². The van der Waals surface area contributed by atoms with Crippen LogP contribution in [0.15, 0.2) is 17.0 Å². The van der Waals surface area contributed by atoms with Gasteiger partial charge < -0.3 is 9.84 Å². The van der Waals surface area contributed by atoms with E-state index >= 15 is 0 Å². The summed E-state index contributed by atoms with van der Waals surface area (Å²) in [4.78, 5) is 22.0. The second-order valence-electron chi connectivity index (χ2n) is 4.80. The van der Waals surface area contributed by atoms with Gasteiger partial charge in [-0.15, -0.1) is 0 Å². The SMILES string of the molecule is COC(=O)c1cc(C)c(C)c(S(=O)(=O)NCCCC(=O)O)c1. The molecule has 122 valence electrons. The predicted molar refractivity (Wildman–Crippen MR) is 79.3 cm³/mol. The molecule has 0 heterocycles. The van der Waals surface area contributed by atoms with Crippen LogP contribution in [0.3, 0.4) is 0 Å². The maximum absolute atomic E-state index is 12.3. The van der Waals surface area contributed by atoms with Crippen LogP contribution in [-0.2, 0) is 19.6 Å². The van der Waals surface area contributed by atoms with Crippen LogP contribution in [0.1, 0.15) is 34.3 Å².